The van der Waals surface area contributed by atoms with E-state index in [9.17, 15) is 0 Å². The van der Waals surface area contributed by atoms with Crippen LogP contribution in [-0.2, 0) is 14.2 Å². The second-order valence-electron chi connectivity index (χ2n) is 5.87. The lowest BCUT2D eigenvalue weighted by Crippen LogP contribution is -2.25. The lowest BCUT2D eigenvalue weighted by atomic mass is 10.1. The Kier molecular flexibility index (Phi) is 4.24. The van der Waals surface area contributed by atoms with Gasteiger partial charge in [0.2, 0.25) is 6.23 Å². The van der Waals surface area contributed by atoms with Gasteiger partial charge in [-0.1, -0.05) is 60.7 Å². The molecule has 0 N–H and O–H groups in total. The zero-order valence-corrected chi connectivity index (χ0v) is 13.7. The van der Waals surface area contributed by atoms with Crippen LogP contribution in [0, 0.1) is 0 Å². The second kappa shape index (κ2) is 6.67. The summed E-state index contributed by atoms with van der Waals surface area (Å²) < 4.78 is 18.0. The van der Waals surface area contributed by atoms with Crippen molar-refractivity contribution in [1.29, 1.82) is 0 Å². The Morgan fingerprint density at radius 2 is 1.58 bits per heavy atom. The number of ether oxygens (including phenoxy) is 3. The van der Waals surface area contributed by atoms with Crippen LogP contribution in [0.4, 0.5) is 0 Å². The summed E-state index contributed by atoms with van der Waals surface area (Å²) in [4.78, 5) is 2.24. The molecule has 0 bridgehead atoms. The van der Waals surface area contributed by atoms with Gasteiger partial charge in [0.15, 0.2) is 6.23 Å². The maximum atomic E-state index is 6.27. The first-order valence-corrected chi connectivity index (χ1v) is 8.34. The van der Waals surface area contributed by atoms with Crippen LogP contribution in [0.3, 0.4) is 0 Å². The molecule has 0 radical (unpaired) electrons. The molecule has 2 aromatic rings. The largest absolute Gasteiger partial charge is 0.466 e. The summed E-state index contributed by atoms with van der Waals surface area (Å²) in [6, 6.07) is 20.5. The Morgan fingerprint density at radius 3 is 2.21 bits per heavy atom. The monoisotopic (exact) mass is 323 g/mol. The van der Waals surface area contributed by atoms with E-state index in [2.05, 4.69) is 29.2 Å². The van der Waals surface area contributed by atoms with Crippen LogP contribution in [0.5, 0.6) is 0 Å². The third-order valence-corrected chi connectivity index (χ3v) is 4.38. The first-order valence-electron chi connectivity index (χ1n) is 8.34. The van der Waals surface area contributed by atoms with Gasteiger partial charge in [-0.2, -0.15) is 0 Å². The van der Waals surface area contributed by atoms with Gasteiger partial charge in [-0.25, -0.2) is 0 Å². The summed E-state index contributed by atoms with van der Waals surface area (Å²) >= 11 is 0. The molecule has 2 aliphatic heterocycles. The van der Waals surface area contributed by atoms with Crippen LogP contribution in [0.1, 0.15) is 30.5 Å². The van der Waals surface area contributed by atoms with Crippen molar-refractivity contribution in [3.05, 3.63) is 83.2 Å². The fourth-order valence-corrected chi connectivity index (χ4v) is 3.24. The molecule has 4 nitrogen and oxygen atoms in total. The van der Waals surface area contributed by atoms with Gasteiger partial charge in [-0.15, -0.1) is 0 Å². The van der Waals surface area contributed by atoms with Crippen molar-refractivity contribution in [3.63, 3.8) is 0 Å². The smallest absolute Gasteiger partial charge is 0.200 e. The van der Waals surface area contributed by atoms with Crippen LogP contribution in [0.15, 0.2) is 72.1 Å². The molecular formula is C20H21NO3. The highest BCUT2D eigenvalue weighted by atomic mass is 16.6. The topological polar surface area (TPSA) is 30.9 Å². The van der Waals surface area contributed by atoms with Crippen LogP contribution in [-0.4, -0.2) is 24.7 Å². The predicted molar refractivity (Wildman–Crippen MR) is 90.8 cm³/mol. The lowest BCUT2D eigenvalue weighted by molar-refractivity contribution is -0.0611. The van der Waals surface area contributed by atoms with Crippen molar-refractivity contribution in [3.8, 4) is 0 Å². The van der Waals surface area contributed by atoms with E-state index in [0.29, 0.717) is 19.8 Å². The molecule has 0 aromatic heterocycles. The molecule has 2 aliphatic rings. The van der Waals surface area contributed by atoms with Gasteiger partial charge >= 0.3 is 0 Å². The minimum absolute atomic E-state index is 0.134. The van der Waals surface area contributed by atoms with Gasteiger partial charge in [0.1, 0.15) is 12.4 Å². The summed E-state index contributed by atoms with van der Waals surface area (Å²) in [6.07, 6.45) is -0.310. The van der Waals surface area contributed by atoms with E-state index in [1.165, 1.54) is 0 Å². The van der Waals surface area contributed by atoms with Crippen molar-refractivity contribution >= 4 is 0 Å². The average Bonchev–Trinajstić information content (AvgIpc) is 3.22. The van der Waals surface area contributed by atoms with E-state index in [0.717, 1.165) is 22.6 Å². The number of hydrogen-bond acceptors (Lipinski definition) is 4. The first-order chi connectivity index (χ1) is 11.9. The Labute approximate surface area is 142 Å². The highest BCUT2D eigenvalue weighted by molar-refractivity contribution is 5.30. The molecule has 4 heteroatoms. The lowest BCUT2D eigenvalue weighted by Gasteiger charge is -2.29. The molecule has 0 amide bonds. The zero-order chi connectivity index (χ0) is 16.4. The molecule has 1 fully saturated rings. The molecule has 1 saturated heterocycles. The molecule has 2 unspecified atom stereocenters. The predicted octanol–water partition coefficient (Wildman–Crippen LogP) is 3.99. The second-order valence-corrected chi connectivity index (χ2v) is 5.87. The molecule has 2 atom stereocenters. The SMILES string of the molecule is CCOCC1=C2COC(c3ccccc3)N2C(c2ccccc2)O1. The summed E-state index contributed by atoms with van der Waals surface area (Å²) in [5, 5.41) is 0. The van der Waals surface area contributed by atoms with Crippen LogP contribution >= 0.6 is 0 Å². The maximum absolute atomic E-state index is 6.27. The Bertz CT molecular complexity index is 714. The summed E-state index contributed by atoms with van der Waals surface area (Å²) in [6.45, 7) is 3.69. The van der Waals surface area contributed by atoms with Gasteiger partial charge in [0.05, 0.1) is 12.3 Å². The van der Waals surface area contributed by atoms with Gasteiger partial charge in [-0.05, 0) is 6.92 Å². The highest BCUT2D eigenvalue weighted by Gasteiger charge is 2.44. The van der Waals surface area contributed by atoms with Crippen molar-refractivity contribution in [1.82, 2.24) is 4.90 Å². The van der Waals surface area contributed by atoms with Crippen LogP contribution in [0.2, 0.25) is 0 Å². The van der Waals surface area contributed by atoms with Gasteiger partial charge in [0, 0.05) is 17.7 Å². The molecule has 4 rings (SSSR count). The van der Waals surface area contributed by atoms with Crippen LogP contribution in [0.25, 0.3) is 0 Å². The third-order valence-electron chi connectivity index (χ3n) is 4.38. The minimum Gasteiger partial charge on any atom is -0.466 e. The number of fused-ring (bicyclic) bond motifs is 1. The Morgan fingerprint density at radius 1 is 0.958 bits per heavy atom. The van der Waals surface area contributed by atoms with E-state index in [-0.39, 0.29) is 12.5 Å². The number of benzene rings is 2. The zero-order valence-electron chi connectivity index (χ0n) is 13.7. The van der Waals surface area contributed by atoms with Crippen molar-refractivity contribution in [2.75, 3.05) is 19.8 Å². The van der Waals surface area contributed by atoms with Gasteiger partial charge in [0.25, 0.3) is 0 Å². The number of rotatable bonds is 5. The Balaban J connectivity index is 1.69. The van der Waals surface area contributed by atoms with E-state index in [4.69, 9.17) is 14.2 Å². The summed E-state index contributed by atoms with van der Waals surface area (Å²) in [7, 11) is 0. The number of nitrogens with zero attached hydrogens (tertiary/aromatic N) is 1. The third kappa shape index (κ3) is 2.68. The minimum atomic E-state index is -0.177. The molecule has 0 aliphatic carbocycles. The van der Waals surface area contributed by atoms with Gasteiger partial charge < -0.3 is 19.1 Å². The normalized spacial score (nSPS) is 22.6. The molecule has 2 heterocycles. The van der Waals surface area contributed by atoms with Crippen molar-refractivity contribution < 1.29 is 14.2 Å². The quantitative estimate of drug-likeness (QED) is 0.832. The van der Waals surface area contributed by atoms with E-state index >= 15 is 0 Å². The summed E-state index contributed by atoms with van der Waals surface area (Å²) in [5.41, 5.74) is 3.34. The summed E-state index contributed by atoms with van der Waals surface area (Å²) in [5.74, 6) is 0.879. The molecule has 124 valence electrons. The van der Waals surface area contributed by atoms with Crippen molar-refractivity contribution in [2.45, 2.75) is 19.4 Å². The first kappa shape index (κ1) is 15.2. The molecule has 24 heavy (non-hydrogen) atoms. The average molecular weight is 323 g/mol. The van der Waals surface area contributed by atoms with Crippen LogP contribution < -0.4 is 0 Å². The van der Waals surface area contributed by atoms with E-state index < -0.39 is 0 Å². The number of hydrogen-bond donors (Lipinski definition) is 0. The fraction of sp³-hybridized carbons (Fsp3) is 0.300. The molecule has 0 spiro atoms. The van der Waals surface area contributed by atoms with Crippen molar-refractivity contribution in [2.24, 2.45) is 0 Å². The van der Waals surface area contributed by atoms with Gasteiger partial charge in [-0.3, -0.25) is 0 Å². The Hall–Kier alpha value is -2.30. The fourth-order valence-electron chi connectivity index (χ4n) is 3.24. The molecule has 0 saturated carbocycles. The molecule has 2 aromatic carbocycles. The highest BCUT2D eigenvalue weighted by Crippen LogP contribution is 2.47. The standard InChI is InChI=1S/C20H21NO3/c1-2-22-14-18-17-13-23-19(15-9-5-3-6-10-15)21(17)20(24-18)16-11-7-4-8-12-16/h3-12,19-20H,2,13-14H2,1H3. The molecular weight excluding hydrogens is 302 g/mol. The maximum Gasteiger partial charge on any atom is 0.200 e. The van der Waals surface area contributed by atoms with E-state index in [1.807, 2.05) is 43.3 Å². The van der Waals surface area contributed by atoms with E-state index in [1.54, 1.807) is 0 Å².